The summed E-state index contributed by atoms with van der Waals surface area (Å²) in [6.07, 6.45) is 0.855. The van der Waals surface area contributed by atoms with Gasteiger partial charge in [0, 0.05) is 52.8 Å². The molecule has 0 bridgehead atoms. The van der Waals surface area contributed by atoms with Gasteiger partial charge in [-0.15, -0.1) is 0 Å². The zero-order valence-electron chi connectivity index (χ0n) is 19.1. The van der Waals surface area contributed by atoms with E-state index in [1.165, 1.54) is 0 Å². The van der Waals surface area contributed by atoms with Crippen molar-refractivity contribution in [3.05, 3.63) is 52.7 Å². The Labute approximate surface area is 192 Å². The van der Waals surface area contributed by atoms with Gasteiger partial charge in [0.2, 0.25) is 0 Å². The predicted octanol–water partition coefficient (Wildman–Crippen LogP) is 3.62. The van der Waals surface area contributed by atoms with Gasteiger partial charge in [0.15, 0.2) is 5.78 Å². The summed E-state index contributed by atoms with van der Waals surface area (Å²) in [7, 11) is 0. The number of hydrogen-bond acceptors (Lipinski definition) is 6. The van der Waals surface area contributed by atoms with E-state index in [-0.39, 0.29) is 17.3 Å². The van der Waals surface area contributed by atoms with Crippen molar-refractivity contribution < 1.29 is 19.0 Å². The lowest BCUT2D eigenvalue weighted by Crippen LogP contribution is -2.38. The number of aromatic nitrogens is 1. The Hall–Kier alpha value is -3.03. The van der Waals surface area contributed by atoms with Crippen molar-refractivity contribution in [3.8, 4) is 5.75 Å². The van der Waals surface area contributed by atoms with E-state index in [0.29, 0.717) is 37.7 Å². The van der Waals surface area contributed by atoms with Gasteiger partial charge in [0.25, 0.3) is 0 Å². The summed E-state index contributed by atoms with van der Waals surface area (Å²) in [5.74, 6) is 0.777. The number of rotatable bonds is 3. The summed E-state index contributed by atoms with van der Waals surface area (Å²) in [6, 6.07) is 9.81. The Bertz CT molecular complexity index is 1250. The molecule has 1 aromatic heterocycles. The van der Waals surface area contributed by atoms with Crippen molar-refractivity contribution in [3.63, 3.8) is 0 Å². The number of carbonyl (C=O) groups is 1. The number of nitrogens with two attached hydrogens (primary N) is 1. The Morgan fingerprint density at radius 3 is 2.70 bits per heavy atom. The number of aromatic amines is 1. The van der Waals surface area contributed by atoms with Crippen LogP contribution >= 0.6 is 0 Å². The van der Waals surface area contributed by atoms with Gasteiger partial charge >= 0.3 is 0 Å². The summed E-state index contributed by atoms with van der Waals surface area (Å²) in [4.78, 5) is 19.7. The minimum Gasteiger partial charge on any atom is -0.486 e. The number of ketones is 1. The lowest BCUT2D eigenvalue weighted by molar-refractivity contribution is 0.103. The fraction of sp³-hybridized carbons (Fsp3) is 0.423. The molecule has 0 amide bonds. The fourth-order valence-corrected chi connectivity index (χ4v) is 5.39. The van der Waals surface area contributed by atoms with E-state index in [4.69, 9.17) is 19.9 Å². The van der Waals surface area contributed by atoms with Crippen molar-refractivity contribution in [1.29, 1.82) is 0 Å². The Balaban J connectivity index is 1.53. The fourth-order valence-electron chi connectivity index (χ4n) is 5.39. The Morgan fingerprint density at radius 2 is 1.94 bits per heavy atom. The molecule has 6 rings (SSSR count). The van der Waals surface area contributed by atoms with Crippen molar-refractivity contribution in [2.24, 2.45) is 0 Å². The molecule has 2 aliphatic heterocycles. The maximum atomic E-state index is 13.9. The number of morpholine rings is 1. The number of nitrogens with one attached hydrogen (secondary N) is 1. The smallest absolute Gasteiger partial charge is 0.195 e. The highest BCUT2D eigenvalue weighted by Gasteiger charge is 2.41. The van der Waals surface area contributed by atoms with E-state index < -0.39 is 0 Å². The van der Waals surface area contributed by atoms with Gasteiger partial charge in [0.1, 0.15) is 11.9 Å². The normalized spacial score (nSPS) is 21.8. The van der Waals surface area contributed by atoms with Crippen LogP contribution in [0.15, 0.2) is 30.3 Å². The zero-order valence-corrected chi connectivity index (χ0v) is 19.1. The highest BCUT2D eigenvalue weighted by atomic mass is 16.5. The largest absolute Gasteiger partial charge is 0.486 e. The van der Waals surface area contributed by atoms with E-state index in [1.54, 1.807) is 0 Å². The molecule has 0 radical (unpaired) electrons. The van der Waals surface area contributed by atoms with Gasteiger partial charge in [0.05, 0.1) is 37.7 Å². The SMILES string of the molecule is CC1(C)c2cc(N3CCOCC3)c(O[C@@H]3CCOC3)cc2C(=O)c2c1[nH]c1cc(N)ccc21. The molecule has 2 fully saturated rings. The molecule has 3 aliphatic rings. The van der Waals surface area contributed by atoms with E-state index in [1.807, 2.05) is 24.3 Å². The highest BCUT2D eigenvalue weighted by molar-refractivity contribution is 6.20. The summed E-state index contributed by atoms with van der Waals surface area (Å²) in [5, 5.41) is 0.909. The molecule has 2 aromatic carbocycles. The van der Waals surface area contributed by atoms with E-state index >= 15 is 0 Å². The van der Waals surface area contributed by atoms with Gasteiger partial charge in [-0.05, 0) is 29.8 Å². The average Bonchev–Trinajstić information content (AvgIpc) is 3.46. The van der Waals surface area contributed by atoms with E-state index in [0.717, 1.165) is 58.7 Å². The number of nitrogen functional groups attached to an aromatic ring is 1. The summed E-state index contributed by atoms with van der Waals surface area (Å²) in [6.45, 7) is 8.57. The summed E-state index contributed by atoms with van der Waals surface area (Å²) in [5.41, 5.74) is 11.6. The van der Waals surface area contributed by atoms with Gasteiger partial charge in [-0.3, -0.25) is 4.79 Å². The zero-order chi connectivity index (χ0) is 22.7. The lowest BCUT2D eigenvalue weighted by Gasteiger charge is -2.36. The molecule has 33 heavy (non-hydrogen) atoms. The Kier molecular flexibility index (Phi) is 4.67. The van der Waals surface area contributed by atoms with Gasteiger partial charge in [-0.1, -0.05) is 19.9 Å². The van der Waals surface area contributed by atoms with Gasteiger partial charge < -0.3 is 29.8 Å². The van der Waals surface area contributed by atoms with Crippen LogP contribution in [0.5, 0.6) is 5.75 Å². The first-order valence-corrected chi connectivity index (χ1v) is 11.7. The molecule has 7 heteroatoms. The van der Waals surface area contributed by atoms with Crippen LogP contribution in [0.25, 0.3) is 10.9 Å². The van der Waals surface area contributed by atoms with E-state index in [2.05, 4.69) is 29.8 Å². The molecule has 3 N–H and O–H groups in total. The molecule has 3 aromatic rings. The van der Waals surface area contributed by atoms with Crippen LogP contribution in [0.1, 0.15) is 47.4 Å². The molecular weight excluding hydrogens is 418 g/mol. The second kappa shape index (κ2) is 7.50. The summed E-state index contributed by atoms with van der Waals surface area (Å²) >= 11 is 0. The molecule has 0 unspecified atom stereocenters. The second-order valence-corrected chi connectivity index (χ2v) is 9.70. The van der Waals surface area contributed by atoms with Crippen LogP contribution in [0, 0.1) is 0 Å². The first kappa shape index (κ1) is 20.6. The number of fused-ring (bicyclic) bond motifs is 4. The van der Waals surface area contributed by atoms with Crippen LogP contribution in [-0.4, -0.2) is 56.4 Å². The van der Waals surface area contributed by atoms with Gasteiger partial charge in [-0.25, -0.2) is 0 Å². The molecule has 0 spiro atoms. The topological polar surface area (TPSA) is 89.8 Å². The molecule has 0 saturated carbocycles. The third kappa shape index (κ3) is 3.21. The molecule has 172 valence electrons. The number of carbonyl (C=O) groups excluding carboxylic acids is 1. The van der Waals surface area contributed by atoms with Crippen molar-refractivity contribution in [2.45, 2.75) is 31.8 Å². The third-order valence-electron chi connectivity index (χ3n) is 7.23. The number of hydrogen-bond donors (Lipinski definition) is 2. The maximum absolute atomic E-state index is 13.9. The van der Waals surface area contributed by atoms with Crippen LogP contribution < -0.4 is 15.4 Å². The minimum absolute atomic E-state index is 0.00108. The molecule has 7 nitrogen and oxygen atoms in total. The molecular formula is C26H29N3O4. The minimum atomic E-state index is -0.387. The predicted molar refractivity (Wildman–Crippen MR) is 128 cm³/mol. The van der Waals surface area contributed by atoms with Crippen molar-refractivity contribution in [1.82, 2.24) is 4.98 Å². The maximum Gasteiger partial charge on any atom is 0.195 e. The number of anilines is 2. The van der Waals surface area contributed by atoms with Crippen LogP contribution in [0.2, 0.25) is 0 Å². The van der Waals surface area contributed by atoms with Crippen LogP contribution in [0.3, 0.4) is 0 Å². The monoisotopic (exact) mass is 447 g/mol. The first-order valence-electron chi connectivity index (χ1n) is 11.7. The van der Waals surface area contributed by atoms with Crippen LogP contribution in [0.4, 0.5) is 11.4 Å². The van der Waals surface area contributed by atoms with Crippen molar-refractivity contribution >= 4 is 28.1 Å². The summed E-state index contributed by atoms with van der Waals surface area (Å²) < 4.78 is 17.5. The average molecular weight is 448 g/mol. The number of benzene rings is 2. The molecule has 3 heterocycles. The number of ether oxygens (including phenoxy) is 3. The lowest BCUT2D eigenvalue weighted by atomic mass is 9.71. The van der Waals surface area contributed by atoms with E-state index in [9.17, 15) is 4.79 Å². The quantitative estimate of drug-likeness (QED) is 0.596. The highest BCUT2D eigenvalue weighted by Crippen LogP contribution is 2.47. The van der Waals surface area contributed by atoms with Crippen LogP contribution in [-0.2, 0) is 14.9 Å². The third-order valence-corrected chi connectivity index (χ3v) is 7.23. The van der Waals surface area contributed by atoms with Gasteiger partial charge in [-0.2, -0.15) is 0 Å². The molecule has 1 atom stereocenters. The Morgan fingerprint density at radius 1 is 1.12 bits per heavy atom. The molecule has 1 aliphatic carbocycles. The number of nitrogens with zero attached hydrogens (tertiary/aromatic N) is 1. The standard InChI is InChI=1S/C26H29N3O4/c1-26(2)19-13-21(29-6-9-31-10-7-29)22(33-16-5-8-32-14-16)12-18(19)24(30)23-17-4-3-15(27)11-20(17)28-25(23)26/h3-4,11-13,16,28H,5-10,14,27H2,1-2H3/t16-/m1/s1. The molecule has 2 saturated heterocycles. The van der Waals surface area contributed by atoms with Crippen molar-refractivity contribution in [2.75, 3.05) is 50.2 Å². The first-order chi connectivity index (χ1) is 15.9. The number of H-pyrrole nitrogens is 1. The second-order valence-electron chi connectivity index (χ2n) is 9.70.